The van der Waals surface area contributed by atoms with Crippen molar-refractivity contribution in [2.24, 2.45) is 0 Å². The molecule has 1 aliphatic heterocycles. The molecule has 152 valence electrons. The Hall–Kier alpha value is -2.17. The summed E-state index contributed by atoms with van der Waals surface area (Å²) in [5.41, 5.74) is 2.14. The Morgan fingerprint density at radius 3 is 2.76 bits per heavy atom. The van der Waals surface area contributed by atoms with E-state index in [0.29, 0.717) is 17.8 Å². The molecule has 0 bridgehead atoms. The lowest BCUT2D eigenvalue weighted by Crippen LogP contribution is -2.47. The predicted molar refractivity (Wildman–Crippen MR) is 109 cm³/mol. The van der Waals surface area contributed by atoms with Crippen LogP contribution in [0.1, 0.15) is 30.1 Å². The van der Waals surface area contributed by atoms with E-state index in [4.69, 9.17) is 9.15 Å². The average Bonchev–Trinajstić information content (AvgIpc) is 3.38. The fourth-order valence-corrected chi connectivity index (χ4v) is 4.91. The number of furan rings is 1. The van der Waals surface area contributed by atoms with Crippen LogP contribution < -0.4 is 4.72 Å². The van der Waals surface area contributed by atoms with Gasteiger partial charge < -0.3 is 19.2 Å². The van der Waals surface area contributed by atoms with Crippen molar-refractivity contribution in [3.8, 4) is 0 Å². The second-order valence-electron chi connectivity index (χ2n) is 7.18. The molecule has 3 aromatic rings. The Kier molecular flexibility index (Phi) is 5.75. The molecule has 2 heterocycles. The lowest BCUT2D eigenvalue weighted by atomic mass is 9.77. The highest BCUT2D eigenvalue weighted by atomic mass is 32.2. The Morgan fingerprint density at radius 2 is 2.00 bits per heavy atom. The minimum absolute atomic E-state index is 0.0631. The maximum absolute atomic E-state index is 12.9. The van der Waals surface area contributed by atoms with Gasteiger partial charge in [-0.15, -0.1) is 0 Å². The molecule has 4 rings (SSSR count). The molecule has 1 saturated heterocycles. The van der Waals surface area contributed by atoms with Crippen molar-refractivity contribution < 1.29 is 27.6 Å². The van der Waals surface area contributed by atoms with Crippen LogP contribution in [-0.2, 0) is 21.2 Å². The number of fused-ring (bicyclic) bond motifs is 1. The number of para-hydroxylation sites is 1. The monoisotopic (exact) mass is 415 g/mol. The van der Waals surface area contributed by atoms with Gasteiger partial charge in [-0.25, -0.2) is 13.1 Å². The van der Waals surface area contributed by atoms with E-state index in [0.717, 1.165) is 23.8 Å². The summed E-state index contributed by atoms with van der Waals surface area (Å²) in [7, 11) is -5.84. The van der Waals surface area contributed by atoms with E-state index in [2.05, 4.69) is 4.72 Å². The predicted octanol–water partition coefficient (Wildman–Crippen LogP) is 2.19. The summed E-state index contributed by atoms with van der Waals surface area (Å²) in [6.07, 6.45) is 3.26. The first-order chi connectivity index (χ1) is 13.9. The summed E-state index contributed by atoms with van der Waals surface area (Å²) in [6, 6.07) is 13.9. The molecular weight excluding hydrogens is 393 g/mol. The van der Waals surface area contributed by atoms with Crippen molar-refractivity contribution in [3.05, 3.63) is 65.9 Å². The molecular formula is C20H22BNO6S. The van der Waals surface area contributed by atoms with Gasteiger partial charge in [-0.2, -0.15) is 0 Å². The van der Waals surface area contributed by atoms with E-state index in [1.54, 1.807) is 18.2 Å². The molecule has 2 aromatic carbocycles. The highest BCUT2D eigenvalue weighted by molar-refractivity contribution is 7.89. The number of rotatable bonds is 7. The zero-order chi connectivity index (χ0) is 20.4. The quantitative estimate of drug-likeness (QED) is 0.511. The molecule has 3 N–H and O–H groups in total. The first kappa shape index (κ1) is 20.1. The summed E-state index contributed by atoms with van der Waals surface area (Å²) in [4.78, 5) is 0.0631. The first-order valence-electron chi connectivity index (χ1n) is 9.49. The maximum Gasteiger partial charge on any atom is 0.471 e. The van der Waals surface area contributed by atoms with Gasteiger partial charge in [0.25, 0.3) is 0 Å². The molecule has 2 atom stereocenters. The maximum atomic E-state index is 12.9. The molecule has 0 spiro atoms. The van der Waals surface area contributed by atoms with Crippen molar-refractivity contribution in [2.75, 3.05) is 6.61 Å². The van der Waals surface area contributed by atoms with E-state index in [1.165, 1.54) is 12.3 Å². The van der Waals surface area contributed by atoms with Gasteiger partial charge in [0.15, 0.2) is 0 Å². The molecule has 1 fully saturated rings. The van der Waals surface area contributed by atoms with Crippen molar-refractivity contribution in [1.82, 2.24) is 4.72 Å². The molecule has 0 amide bonds. The Labute approximate surface area is 169 Å². The van der Waals surface area contributed by atoms with Gasteiger partial charge in [0.05, 0.1) is 23.2 Å². The van der Waals surface area contributed by atoms with Gasteiger partial charge in [0.2, 0.25) is 10.0 Å². The minimum Gasteiger partial charge on any atom is -0.464 e. The van der Waals surface area contributed by atoms with E-state index in [-0.39, 0.29) is 17.4 Å². The highest BCUT2D eigenvalue weighted by Gasteiger charge is 2.31. The van der Waals surface area contributed by atoms with E-state index in [1.807, 2.05) is 24.3 Å². The smallest absolute Gasteiger partial charge is 0.464 e. The third-order valence-electron chi connectivity index (χ3n) is 5.14. The molecule has 1 aromatic heterocycles. The van der Waals surface area contributed by atoms with Crippen LogP contribution in [0.5, 0.6) is 0 Å². The molecule has 0 saturated carbocycles. The normalized spacial score (nSPS) is 18.2. The molecule has 7 nitrogen and oxygen atoms in total. The fourth-order valence-electron chi connectivity index (χ4n) is 3.63. The Morgan fingerprint density at radius 1 is 1.17 bits per heavy atom. The van der Waals surface area contributed by atoms with Crippen molar-refractivity contribution in [1.29, 1.82) is 0 Å². The molecule has 29 heavy (non-hydrogen) atoms. The number of benzene rings is 2. The van der Waals surface area contributed by atoms with Gasteiger partial charge in [-0.05, 0) is 48.6 Å². The lowest BCUT2D eigenvalue weighted by Gasteiger charge is -2.18. The van der Waals surface area contributed by atoms with Crippen LogP contribution >= 0.6 is 0 Å². The van der Waals surface area contributed by atoms with Crippen molar-refractivity contribution in [2.45, 2.75) is 36.2 Å². The zero-order valence-corrected chi connectivity index (χ0v) is 16.5. The van der Waals surface area contributed by atoms with E-state index < -0.39 is 23.1 Å². The zero-order valence-electron chi connectivity index (χ0n) is 15.7. The second-order valence-corrected chi connectivity index (χ2v) is 8.89. The Bertz CT molecular complexity index is 1090. The highest BCUT2D eigenvalue weighted by Crippen LogP contribution is 2.30. The lowest BCUT2D eigenvalue weighted by molar-refractivity contribution is 0.112. The summed E-state index contributed by atoms with van der Waals surface area (Å²) in [5, 5.41) is 20.4. The summed E-state index contributed by atoms with van der Waals surface area (Å²) in [6.45, 7) is 0.664. The van der Waals surface area contributed by atoms with Crippen molar-refractivity contribution in [3.63, 3.8) is 0 Å². The number of hydrogen-bond acceptors (Lipinski definition) is 6. The summed E-state index contributed by atoms with van der Waals surface area (Å²) >= 11 is 0. The van der Waals surface area contributed by atoms with Crippen LogP contribution in [0.3, 0.4) is 0 Å². The first-order valence-corrected chi connectivity index (χ1v) is 11.0. The molecule has 0 radical (unpaired) electrons. The fraction of sp³-hybridized carbons (Fsp3) is 0.300. The van der Waals surface area contributed by atoms with Gasteiger partial charge in [-0.3, -0.25) is 0 Å². The van der Waals surface area contributed by atoms with Crippen LogP contribution in [0, 0.1) is 0 Å². The summed E-state index contributed by atoms with van der Waals surface area (Å²) in [5.74, 6) is -1.13. The number of hydrogen-bond donors (Lipinski definition) is 3. The van der Waals surface area contributed by atoms with Crippen LogP contribution in [0.4, 0.5) is 0 Å². The van der Waals surface area contributed by atoms with Crippen LogP contribution in [-0.4, -0.2) is 38.1 Å². The largest absolute Gasteiger partial charge is 0.471 e. The molecule has 2 unspecified atom stereocenters. The summed E-state index contributed by atoms with van der Waals surface area (Å²) < 4.78 is 39.3. The topological polar surface area (TPSA) is 109 Å². The molecule has 0 aliphatic carbocycles. The van der Waals surface area contributed by atoms with E-state index >= 15 is 0 Å². The van der Waals surface area contributed by atoms with Crippen molar-refractivity contribution >= 4 is 28.1 Å². The van der Waals surface area contributed by atoms with Gasteiger partial charge in [0, 0.05) is 12.0 Å². The second kappa shape index (κ2) is 8.29. The van der Waals surface area contributed by atoms with Gasteiger partial charge >= 0.3 is 7.12 Å². The Balaban J connectivity index is 1.56. The van der Waals surface area contributed by atoms with Gasteiger partial charge in [0.1, 0.15) is 5.58 Å². The van der Waals surface area contributed by atoms with Crippen LogP contribution in [0.25, 0.3) is 11.0 Å². The number of ether oxygens (including phenoxy) is 1. The third-order valence-corrected chi connectivity index (χ3v) is 6.62. The molecule has 9 heteroatoms. The SMILES string of the molecule is O=S(=O)(NC(Cc1coc2ccccc12)B(O)O)c1cccc(C2CCCO2)c1. The number of nitrogens with one attached hydrogen (secondary N) is 1. The average molecular weight is 415 g/mol. The van der Waals surface area contributed by atoms with E-state index in [9.17, 15) is 18.5 Å². The standard InChI is InChI=1S/C20H22BNO6S/c23-21(24)20(12-15-13-28-19-8-2-1-7-17(15)19)22-29(25,26)16-6-3-5-14(11-16)18-9-4-10-27-18/h1-3,5-8,11,13,18,20,22-24H,4,9-10,12H2. The third kappa shape index (κ3) is 4.39. The minimum atomic E-state index is -3.97. The van der Waals surface area contributed by atoms with Gasteiger partial charge in [-0.1, -0.05) is 30.3 Å². The number of sulfonamides is 1. The molecule has 1 aliphatic rings. The van der Waals surface area contributed by atoms with Crippen LogP contribution in [0.2, 0.25) is 0 Å². The van der Waals surface area contributed by atoms with Crippen LogP contribution in [0.15, 0.2) is 64.1 Å².